The summed E-state index contributed by atoms with van der Waals surface area (Å²) in [6.07, 6.45) is 1.75. The molecular formula is C11H14N4OS. The van der Waals surface area contributed by atoms with E-state index in [1.807, 2.05) is 20.8 Å². The average molecular weight is 250 g/mol. The zero-order valence-electron chi connectivity index (χ0n) is 9.94. The van der Waals surface area contributed by atoms with Gasteiger partial charge in [0.2, 0.25) is 0 Å². The fourth-order valence-electron chi connectivity index (χ4n) is 1.50. The second-order valence-electron chi connectivity index (χ2n) is 3.91. The summed E-state index contributed by atoms with van der Waals surface area (Å²) in [6, 6.07) is -0.141. The fourth-order valence-corrected chi connectivity index (χ4v) is 2.21. The predicted octanol–water partition coefficient (Wildman–Crippen LogP) is 1.97. The number of nitrogens with one attached hydrogen (secondary N) is 2. The van der Waals surface area contributed by atoms with Crippen LogP contribution in [0.3, 0.4) is 0 Å². The maximum absolute atomic E-state index is 11.9. The van der Waals surface area contributed by atoms with Crippen molar-refractivity contribution in [3.63, 3.8) is 0 Å². The molecule has 1 atom stereocenters. The zero-order chi connectivity index (χ0) is 12.4. The monoisotopic (exact) mass is 250 g/mol. The molecule has 6 heteroatoms. The van der Waals surface area contributed by atoms with Gasteiger partial charge >= 0.3 is 0 Å². The van der Waals surface area contributed by atoms with E-state index in [4.69, 9.17) is 0 Å². The molecule has 0 aliphatic heterocycles. The Kier molecular flexibility index (Phi) is 3.23. The SMILES string of the molecule is Cc1cnc([C@H](C)NC(=O)c2scnc2C)[nH]1. The van der Waals surface area contributed by atoms with Crippen LogP contribution in [0.2, 0.25) is 0 Å². The number of carbonyl (C=O) groups is 1. The Balaban J connectivity index is 2.07. The fraction of sp³-hybridized carbons (Fsp3) is 0.364. The predicted molar refractivity (Wildman–Crippen MR) is 66.1 cm³/mol. The first kappa shape index (κ1) is 11.8. The van der Waals surface area contributed by atoms with Gasteiger partial charge in [0, 0.05) is 11.9 Å². The van der Waals surface area contributed by atoms with E-state index >= 15 is 0 Å². The Labute approximate surface area is 103 Å². The Hall–Kier alpha value is -1.69. The highest BCUT2D eigenvalue weighted by molar-refractivity contribution is 7.11. The lowest BCUT2D eigenvalue weighted by molar-refractivity contribution is 0.0941. The minimum Gasteiger partial charge on any atom is -0.344 e. The van der Waals surface area contributed by atoms with Gasteiger partial charge in [-0.3, -0.25) is 4.79 Å². The van der Waals surface area contributed by atoms with Gasteiger partial charge in [0.05, 0.1) is 17.2 Å². The number of H-pyrrole nitrogens is 1. The third-order valence-corrected chi connectivity index (χ3v) is 3.36. The Bertz CT molecular complexity index is 531. The summed E-state index contributed by atoms with van der Waals surface area (Å²) in [4.78, 5) is 23.9. The summed E-state index contributed by atoms with van der Waals surface area (Å²) in [5.41, 5.74) is 3.41. The molecule has 0 bridgehead atoms. The molecule has 1 amide bonds. The standard InChI is InChI=1S/C11H14N4OS/c1-6-4-12-10(14-6)8(3)15-11(16)9-7(2)13-5-17-9/h4-5,8H,1-3H3,(H,12,14)(H,15,16)/t8-/m0/s1. The maximum atomic E-state index is 11.9. The molecule has 2 heterocycles. The summed E-state index contributed by atoms with van der Waals surface area (Å²) in [6.45, 7) is 5.65. The van der Waals surface area contributed by atoms with Crippen molar-refractivity contribution in [1.82, 2.24) is 20.3 Å². The van der Waals surface area contributed by atoms with Gasteiger partial charge in [-0.15, -0.1) is 11.3 Å². The summed E-state index contributed by atoms with van der Waals surface area (Å²) >= 11 is 1.35. The van der Waals surface area contributed by atoms with Crippen molar-refractivity contribution >= 4 is 17.2 Å². The van der Waals surface area contributed by atoms with Crippen LogP contribution in [0, 0.1) is 13.8 Å². The highest BCUT2D eigenvalue weighted by Gasteiger charge is 2.16. The van der Waals surface area contributed by atoms with Gasteiger partial charge in [0.25, 0.3) is 5.91 Å². The van der Waals surface area contributed by atoms with Crippen LogP contribution in [0.4, 0.5) is 0 Å². The van der Waals surface area contributed by atoms with Gasteiger partial charge in [-0.25, -0.2) is 9.97 Å². The molecule has 0 fully saturated rings. The molecule has 0 unspecified atom stereocenters. The zero-order valence-corrected chi connectivity index (χ0v) is 10.8. The molecule has 0 saturated carbocycles. The first-order valence-electron chi connectivity index (χ1n) is 5.30. The van der Waals surface area contributed by atoms with E-state index in [2.05, 4.69) is 20.3 Å². The number of nitrogens with zero attached hydrogens (tertiary/aromatic N) is 2. The Morgan fingerprint density at radius 2 is 2.24 bits per heavy atom. The van der Waals surface area contributed by atoms with Crippen LogP contribution in [0.15, 0.2) is 11.7 Å². The number of aromatic nitrogens is 3. The van der Waals surface area contributed by atoms with Crippen LogP contribution in [-0.2, 0) is 0 Å². The highest BCUT2D eigenvalue weighted by atomic mass is 32.1. The summed E-state index contributed by atoms with van der Waals surface area (Å²) in [5.74, 6) is 0.657. The van der Waals surface area contributed by atoms with Crippen molar-refractivity contribution in [1.29, 1.82) is 0 Å². The third kappa shape index (κ3) is 2.52. The molecule has 2 aromatic heterocycles. The molecule has 0 spiro atoms. The largest absolute Gasteiger partial charge is 0.344 e. The number of aryl methyl sites for hydroxylation is 2. The second-order valence-corrected chi connectivity index (χ2v) is 4.77. The third-order valence-electron chi connectivity index (χ3n) is 2.43. The number of hydrogen-bond donors (Lipinski definition) is 2. The van der Waals surface area contributed by atoms with Gasteiger partial charge in [-0.2, -0.15) is 0 Å². The van der Waals surface area contributed by atoms with E-state index in [1.165, 1.54) is 11.3 Å². The number of hydrogen-bond acceptors (Lipinski definition) is 4. The molecule has 2 aromatic rings. The second kappa shape index (κ2) is 4.67. The normalized spacial score (nSPS) is 12.4. The minimum absolute atomic E-state index is 0.105. The Morgan fingerprint density at radius 3 is 2.76 bits per heavy atom. The summed E-state index contributed by atoms with van der Waals surface area (Å²) in [5, 5.41) is 2.89. The number of amides is 1. The first-order chi connectivity index (χ1) is 8.08. The van der Waals surface area contributed by atoms with Gasteiger partial charge in [-0.05, 0) is 20.8 Å². The number of aromatic amines is 1. The molecule has 17 heavy (non-hydrogen) atoms. The van der Waals surface area contributed by atoms with Crippen LogP contribution in [0.1, 0.15) is 39.8 Å². The van der Waals surface area contributed by atoms with Gasteiger partial charge < -0.3 is 10.3 Å². The first-order valence-corrected chi connectivity index (χ1v) is 6.18. The lowest BCUT2D eigenvalue weighted by Crippen LogP contribution is -2.27. The number of thiazole rings is 1. The smallest absolute Gasteiger partial charge is 0.263 e. The van der Waals surface area contributed by atoms with E-state index < -0.39 is 0 Å². The number of rotatable bonds is 3. The average Bonchev–Trinajstić information content (AvgIpc) is 2.86. The van der Waals surface area contributed by atoms with Crippen LogP contribution in [0.5, 0.6) is 0 Å². The van der Waals surface area contributed by atoms with Crippen LogP contribution < -0.4 is 5.32 Å². The molecule has 0 aromatic carbocycles. The van der Waals surface area contributed by atoms with Crippen molar-refractivity contribution in [2.45, 2.75) is 26.8 Å². The van der Waals surface area contributed by atoms with Gasteiger partial charge in [0.15, 0.2) is 0 Å². The van der Waals surface area contributed by atoms with Crippen molar-refractivity contribution in [2.75, 3.05) is 0 Å². The quantitative estimate of drug-likeness (QED) is 0.875. The molecule has 2 rings (SSSR count). The van der Waals surface area contributed by atoms with Gasteiger partial charge in [-0.1, -0.05) is 0 Å². The molecule has 0 aliphatic rings. The van der Waals surface area contributed by atoms with Gasteiger partial charge in [0.1, 0.15) is 10.7 Å². The van der Waals surface area contributed by atoms with E-state index in [0.717, 1.165) is 17.2 Å². The van der Waals surface area contributed by atoms with Crippen molar-refractivity contribution in [2.24, 2.45) is 0 Å². The number of carbonyl (C=O) groups excluding carboxylic acids is 1. The molecule has 0 saturated heterocycles. The molecular weight excluding hydrogens is 236 g/mol. The maximum Gasteiger partial charge on any atom is 0.263 e. The van der Waals surface area contributed by atoms with Crippen molar-refractivity contribution in [3.05, 3.63) is 33.8 Å². The molecule has 0 aliphatic carbocycles. The van der Waals surface area contributed by atoms with E-state index in [9.17, 15) is 4.79 Å². The molecule has 5 nitrogen and oxygen atoms in total. The van der Waals surface area contributed by atoms with E-state index in [-0.39, 0.29) is 11.9 Å². The minimum atomic E-state index is -0.141. The number of imidazole rings is 1. The van der Waals surface area contributed by atoms with E-state index in [1.54, 1.807) is 11.7 Å². The lowest BCUT2D eigenvalue weighted by atomic mass is 10.3. The Morgan fingerprint density at radius 1 is 1.47 bits per heavy atom. The molecule has 0 radical (unpaired) electrons. The van der Waals surface area contributed by atoms with Crippen molar-refractivity contribution in [3.8, 4) is 0 Å². The van der Waals surface area contributed by atoms with Crippen molar-refractivity contribution < 1.29 is 4.79 Å². The lowest BCUT2D eigenvalue weighted by Gasteiger charge is -2.10. The van der Waals surface area contributed by atoms with Crippen LogP contribution in [0.25, 0.3) is 0 Å². The van der Waals surface area contributed by atoms with E-state index in [0.29, 0.717) is 4.88 Å². The molecule has 2 N–H and O–H groups in total. The van der Waals surface area contributed by atoms with Crippen LogP contribution in [-0.4, -0.2) is 20.9 Å². The highest BCUT2D eigenvalue weighted by Crippen LogP contribution is 2.14. The topological polar surface area (TPSA) is 70.7 Å². The van der Waals surface area contributed by atoms with Crippen LogP contribution >= 0.6 is 11.3 Å². The molecule has 90 valence electrons. The summed E-state index contributed by atoms with van der Waals surface area (Å²) < 4.78 is 0. The summed E-state index contributed by atoms with van der Waals surface area (Å²) in [7, 11) is 0.